The minimum Gasteiger partial charge on any atom is -0.369 e. The van der Waals surface area contributed by atoms with E-state index < -0.39 is 24.1 Å². The number of urea groups is 1. The number of carbonyl (C=O) groups excluding carboxylic acids is 3. The predicted molar refractivity (Wildman–Crippen MR) is 94.8 cm³/mol. The summed E-state index contributed by atoms with van der Waals surface area (Å²) in [4.78, 5) is 43.1. The van der Waals surface area contributed by atoms with Gasteiger partial charge in [-0.05, 0) is 12.0 Å². The SMILES string of the molecule is CN1C(=O)NC(=O)C2C1N=C(SCC(N)=O)N2CCc1ccccc1. The van der Waals surface area contributed by atoms with Crippen molar-refractivity contribution in [2.45, 2.75) is 18.6 Å². The number of amides is 4. The van der Waals surface area contributed by atoms with Crippen molar-refractivity contribution in [3.63, 3.8) is 0 Å². The minimum absolute atomic E-state index is 0.0688. The first-order valence-corrected chi connectivity index (χ1v) is 8.83. The molecule has 1 aromatic rings. The van der Waals surface area contributed by atoms with Gasteiger partial charge >= 0.3 is 6.03 Å². The standard InChI is InChI=1S/C16H19N5O3S/c1-20-13-12(14(23)19-15(20)24)21(16(18-13)25-9-11(17)22)8-7-10-5-3-2-4-6-10/h2-6,12-13H,7-9H2,1H3,(H2,17,22)(H,19,23,24). The number of carbonyl (C=O) groups is 3. The van der Waals surface area contributed by atoms with E-state index in [9.17, 15) is 14.4 Å². The summed E-state index contributed by atoms with van der Waals surface area (Å²) in [5, 5.41) is 2.90. The van der Waals surface area contributed by atoms with Crippen LogP contribution in [0.25, 0.3) is 0 Å². The molecule has 0 bridgehead atoms. The Morgan fingerprint density at radius 1 is 1.32 bits per heavy atom. The van der Waals surface area contributed by atoms with Crippen molar-refractivity contribution in [1.82, 2.24) is 15.1 Å². The molecular formula is C16H19N5O3S. The molecule has 8 nitrogen and oxygen atoms in total. The van der Waals surface area contributed by atoms with E-state index in [0.29, 0.717) is 18.1 Å². The van der Waals surface area contributed by atoms with Gasteiger partial charge in [0.25, 0.3) is 5.91 Å². The number of hydrogen-bond donors (Lipinski definition) is 2. The number of nitrogens with one attached hydrogen (secondary N) is 1. The number of thioether (sulfide) groups is 1. The lowest BCUT2D eigenvalue weighted by Crippen LogP contribution is -2.63. The fourth-order valence-corrected chi connectivity index (χ4v) is 3.71. The first-order valence-electron chi connectivity index (χ1n) is 7.84. The molecule has 0 saturated carbocycles. The summed E-state index contributed by atoms with van der Waals surface area (Å²) in [7, 11) is 1.60. The van der Waals surface area contributed by atoms with Gasteiger partial charge in [-0.15, -0.1) is 0 Å². The number of nitrogens with two attached hydrogens (primary N) is 1. The van der Waals surface area contributed by atoms with E-state index >= 15 is 0 Å². The molecule has 4 amide bonds. The summed E-state index contributed by atoms with van der Waals surface area (Å²) in [6.07, 6.45) is 0.123. The molecule has 3 rings (SSSR count). The predicted octanol–water partition coefficient (Wildman–Crippen LogP) is -0.00450. The highest BCUT2D eigenvalue weighted by Crippen LogP contribution is 2.28. The number of amidine groups is 1. The molecule has 9 heteroatoms. The van der Waals surface area contributed by atoms with E-state index in [0.717, 1.165) is 5.56 Å². The van der Waals surface area contributed by atoms with E-state index in [1.807, 2.05) is 35.2 Å². The maximum atomic E-state index is 12.4. The maximum Gasteiger partial charge on any atom is 0.325 e. The van der Waals surface area contributed by atoms with Crippen LogP contribution >= 0.6 is 11.8 Å². The van der Waals surface area contributed by atoms with Crippen LogP contribution in [0.15, 0.2) is 35.3 Å². The molecule has 0 spiro atoms. The molecule has 2 aliphatic heterocycles. The van der Waals surface area contributed by atoms with E-state index in [-0.39, 0.29) is 11.7 Å². The third kappa shape index (κ3) is 3.60. The molecule has 2 aliphatic rings. The Morgan fingerprint density at radius 3 is 2.72 bits per heavy atom. The smallest absolute Gasteiger partial charge is 0.325 e. The number of imide groups is 1. The van der Waals surface area contributed by atoms with Crippen molar-refractivity contribution >= 4 is 34.8 Å². The Balaban J connectivity index is 1.80. The van der Waals surface area contributed by atoms with Crippen molar-refractivity contribution in [3.05, 3.63) is 35.9 Å². The van der Waals surface area contributed by atoms with Gasteiger partial charge in [0.15, 0.2) is 17.4 Å². The fourth-order valence-electron chi connectivity index (χ4n) is 2.89. The third-order valence-electron chi connectivity index (χ3n) is 4.15. The minimum atomic E-state index is -0.596. The van der Waals surface area contributed by atoms with Crippen molar-refractivity contribution < 1.29 is 14.4 Å². The van der Waals surface area contributed by atoms with Gasteiger partial charge in [0.05, 0.1) is 5.75 Å². The number of rotatable bonds is 5. The van der Waals surface area contributed by atoms with Crippen LogP contribution in [0.2, 0.25) is 0 Å². The molecule has 2 unspecified atom stereocenters. The van der Waals surface area contributed by atoms with Crippen molar-refractivity contribution in [3.8, 4) is 0 Å². The molecular weight excluding hydrogens is 342 g/mol. The molecule has 1 fully saturated rings. The van der Waals surface area contributed by atoms with Gasteiger partial charge in [-0.25, -0.2) is 9.79 Å². The summed E-state index contributed by atoms with van der Waals surface area (Å²) >= 11 is 1.19. The molecule has 1 saturated heterocycles. The lowest BCUT2D eigenvalue weighted by atomic mass is 10.1. The second-order valence-corrected chi connectivity index (χ2v) is 6.80. The Kier molecular flexibility index (Phi) is 4.93. The van der Waals surface area contributed by atoms with E-state index in [1.54, 1.807) is 7.05 Å². The summed E-state index contributed by atoms with van der Waals surface area (Å²) in [5.74, 6) is -0.765. The topological polar surface area (TPSA) is 108 Å². The molecule has 25 heavy (non-hydrogen) atoms. The third-order valence-corrected chi connectivity index (χ3v) is 5.18. The van der Waals surface area contributed by atoms with Crippen LogP contribution in [0.1, 0.15) is 5.56 Å². The normalized spacial score (nSPS) is 22.5. The molecule has 132 valence electrons. The Labute approximate surface area is 149 Å². The first kappa shape index (κ1) is 17.3. The maximum absolute atomic E-state index is 12.4. The van der Waals surface area contributed by atoms with Crippen molar-refractivity contribution in [2.75, 3.05) is 19.3 Å². The zero-order valence-electron chi connectivity index (χ0n) is 13.7. The lowest BCUT2D eigenvalue weighted by Gasteiger charge is -2.36. The van der Waals surface area contributed by atoms with Crippen LogP contribution < -0.4 is 11.1 Å². The largest absolute Gasteiger partial charge is 0.369 e. The van der Waals surface area contributed by atoms with Crippen LogP contribution in [-0.2, 0) is 16.0 Å². The highest BCUT2D eigenvalue weighted by molar-refractivity contribution is 8.14. The number of aliphatic imine (C=N–C) groups is 1. The van der Waals surface area contributed by atoms with Crippen molar-refractivity contribution in [1.29, 1.82) is 0 Å². The monoisotopic (exact) mass is 361 g/mol. The average molecular weight is 361 g/mol. The molecule has 0 aromatic heterocycles. The van der Waals surface area contributed by atoms with Gasteiger partial charge in [0.1, 0.15) is 0 Å². The second-order valence-electron chi connectivity index (χ2n) is 5.86. The quantitative estimate of drug-likeness (QED) is 0.767. The Bertz CT molecular complexity index is 724. The van der Waals surface area contributed by atoms with Gasteiger partial charge in [-0.3, -0.25) is 14.9 Å². The molecule has 0 radical (unpaired) electrons. The average Bonchev–Trinajstić information content (AvgIpc) is 2.96. The number of likely N-dealkylation sites (N-methyl/N-ethyl adjacent to an activating group) is 1. The van der Waals surface area contributed by atoms with E-state index in [4.69, 9.17) is 5.73 Å². The number of fused-ring (bicyclic) bond motifs is 1. The molecule has 2 heterocycles. The van der Waals surface area contributed by atoms with Crippen molar-refractivity contribution in [2.24, 2.45) is 10.7 Å². The van der Waals surface area contributed by atoms with E-state index in [1.165, 1.54) is 16.7 Å². The van der Waals surface area contributed by atoms with Crippen LogP contribution in [-0.4, -0.2) is 64.4 Å². The highest BCUT2D eigenvalue weighted by Gasteiger charge is 2.48. The number of primary amides is 1. The van der Waals surface area contributed by atoms with Gasteiger partial charge < -0.3 is 15.5 Å². The van der Waals surface area contributed by atoms with Crippen LogP contribution in [0.5, 0.6) is 0 Å². The molecule has 0 aliphatic carbocycles. The Morgan fingerprint density at radius 2 is 2.04 bits per heavy atom. The molecule has 1 aromatic carbocycles. The van der Waals surface area contributed by atoms with Crippen LogP contribution in [0, 0.1) is 0 Å². The first-order chi connectivity index (χ1) is 12.0. The zero-order chi connectivity index (χ0) is 18.0. The summed E-state index contributed by atoms with van der Waals surface area (Å²) in [6, 6.07) is 8.81. The fraction of sp³-hybridized carbons (Fsp3) is 0.375. The number of nitrogens with zero attached hydrogens (tertiary/aromatic N) is 3. The van der Waals surface area contributed by atoms with Gasteiger partial charge in [0, 0.05) is 13.6 Å². The Hall–Kier alpha value is -2.55. The number of hydrogen-bond acceptors (Lipinski definition) is 6. The van der Waals surface area contributed by atoms with E-state index in [2.05, 4.69) is 10.3 Å². The second kappa shape index (κ2) is 7.14. The number of benzene rings is 1. The summed E-state index contributed by atoms with van der Waals surface area (Å²) < 4.78 is 0. The highest BCUT2D eigenvalue weighted by atomic mass is 32.2. The van der Waals surface area contributed by atoms with Gasteiger partial charge in [-0.2, -0.15) is 0 Å². The molecule has 2 atom stereocenters. The van der Waals surface area contributed by atoms with Gasteiger partial charge in [-0.1, -0.05) is 42.1 Å². The zero-order valence-corrected chi connectivity index (χ0v) is 14.5. The lowest BCUT2D eigenvalue weighted by molar-refractivity contribution is -0.127. The van der Waals surface area contributed by atoms with Gasteiger partial charge in [0.2, 0.25) is 5.91 Å². The van der Waals surface area contributed by atoms with Crippen LogP contribution in [0.3, 0.4) is 0 Å². The van der Waals surface area contributed by atoms with Crippen LogP contribution in [0.4, 0.5) is 4.79 Å². The molecule has 3 N–H and O–H groups in total. The summed E-state index contributed by atoms with van der Waals surface area (Å²) in [5.41, 5.74) is 6.36. The summed E-state index contributed by atoms with van der Waals surface area (Å²) in [6.45, 7) is 0.547.